The van der Waals surface area contributed by atoms with E-state index in [-0.39, 0.29) is 12.5 Å². The number of rotatable bonds is 57. The fourth-order valence-electron chi connectivity index (χ4n) is 11.8. The fraction of sp³-hybridized carbons (Fsp3) is 0.985. The molecule has 0 aromatic heterocycles. The maximum absolute atomic E-state index is 13.3. The van der Waals surface area contributed by atoms with E-state index in [9.17, 15) is 45.6 Å². The Morgan fingerprint density at radius 3 is 1.06 bits per heavy atom. The lowest BCUT2D eigenvalue weighted by atomic mass is 9.97. The highest BCUT2D eigenvalue weighted by Crippen LogP contribution is 2.30. The predicted octanol–water partition coefficient (Wildman–Crippen LogP) is 13.2. The second-order valence-electron chi connectivity index (χ2n) is 24.7. The van der Waals surface area contributed by atoms with Gasteiger partial charge < -0.3 is 65.1 Å². The monoisotopic (exact) mass is 1140 g/mol. The van der Waals surface area contributed by atoms with Crippen molar-refractivity contribution in [3.63, 3.8) is 0 Å². The number of hydrogen-bond donors (Lipinski definition) is 9. The summed E-state index contributed by atoms with van der Waals surface area (Å²) in [5.74, 6) is -0.198. The van der Waals surface area contributed by atoms with E-state index in [1.165, 1.54) is 244 Å². The van der Waals surface area contributed by atoms with Crippen LogP contribution in [-0.4, -0.2) is 140 Å². The zero-order valence-electron chi connectivity index (χ0n) is 51.6. The SMILES string of the molecule is CCCCCCCCCCCCCCCCCCCCCCCCCCCCCCC(O)C(COC1OC(CO)C(OC2OC(CO)C(O)C(O)C2O)C(O)C1O)NC(=O)CCCCCCCCCCCCCCCCCCCC. The van der Waals surface area contributed by atoms with Crippen LogP contribution in [0.4, 0.5) is 0 Å². The van der Waals surface area contributed by atoms with Gasteiger partial charge in [0.2, 0.25) is 5.91 Å². The summed E-state index contributed by atoms with van der Waals surface area (Å²) in [5.41, 5.74) is 0. The van der Waals surface area contributed by atoms with Crippen molar-refractivity contribution >= 4 is 5.91 Å². The standard InChI is InChI=1S/C66H129NO13/c1-3-5-7-9-11-13-15-17-19-21-23-24-25-26-27-28-29-30-31-32-33-35-37-39-41-43-45-47-49-55(70)54(67-58(71)50-48-46-44-42-40-38-36-34-22-20-18-16-14-12-10-8-6-4-2)53-77-65-63(76)61(74)64(57(52-69)79-65)80-66-62(75)60(73)59(72)56(51-68)78-66/h54-57,59-66,68-70,72-76H,3-53H2,1-2H3,(H,67,71). The fourth-order valence-corrected chi connectivity index (χ4v) is 11.8. The molecule has 2 aliphatic rings. The van der Waals surface area contributed by atoms with Crippen molar-refractivity contribution in [2.75, 3.05) is 19.8 Å². The average molecular weight is 1140 g/mol. The maximum atomic E-state index is 13.3. The van der Waals surface area contributed by atoms with Gasteiger partial charge in [-0.25, -0.2) is 0 Å². The summed E-state index contributed by atoms with van der Waals surface area (Å²) in [7, 11) is 0. The summed E-state index contributed by atoms with van der Waals surface area (Å²) < 4.78 is 22.9. The Balaban J connectivity index is 1.66. The van der Waals surface area contributed by atoms with Crippen LogP contribution >= 0.6 is 0 Å². The zero-order valence-corrected chi connectivity index (χ0v) is 51.6. The molecule has 14 nitrogen and oxygen atoms in total. The van der Waals surface area contributed by atoms with Crippen molar-refractivity contribution in [1.82, 2.24) is 5.32 Å². The molecule has 12 unspecified atom stereocenters. The summed E-state index contributed by atoms with van der Waals surface area (Å²) in [6, 6.07) is -0.824. The Hall–Kier alpha value is -1.01. The molecule has 476 valence electrons. The van der Waals surface area contributed by atoms with Crippen LogP contribution in [0.25, 0.3) is 0 Å². The molecule has 12 atom stereocenters. The molecular formula is C66H129NO13. The van der Waals surface area contributed by atoms with Gasteiger partial charge in [0.25, 0.3) is 0 Å². The number of amides is 1. The summed E-state index contributed by atoms with van der Waals surface area (Å²) in [6.45, 7) is 2.92. The zero-order chi connectivity index (χ0) is 58.1. The highest BCUT2D eigenvalue weighted by molar-refractivity contribution is 5.76. The van der Waals surface area contributed by atoms with Gasteiger partial charge in [0.1, 0.15) is 48.8 Å². The largest absolute Gasteiger partial charge is 0.394 e. The van der Waals surface area contributed by atoms with E-state index in [0.29, 0.717) is 12.8 Å². The Morgan fingerprint density at radius 2 is 0.713 bits per heavy atom. The molecule has 0 aliphatic carbocycles. The second-order valence-corrected chi connectivity index (χ2v) is 24.7. The summed E-state index contributed by atoms with van der Waals surface area (Å²) in [6.07, 6.45) is 44.0. The summed E-state index contributed by atoms with van der Waals surface area (Å²) in [4.78, 5) is 13.3. The number of nitrogens with one attached hydrogen (secondary N) is 1. The van der Waals surface area contributed by atoms with Crippen LogP contribution in [0.1, 0.15) is 322 Å². The first-order valence-electron chi connectivity index (χ1n) is 34.3. The van der Waals surface area contributed by atoms with Crippen LogP contribution in [0.3, 0.4) is 0 Å². The first-order valence-corrected chi connectivity index (χ1v) is 34.3. The molecule has 2 aliphatic heterocycles. The number of aliphatic hydroxyl groups is 8. The Kier molecular flexibility index (Phi) is 49.1. The van der Waals surface area contributed by atoms with Crippen LogP contribution in [0.5, 0.6) is 0 Å². The molecule has 2 fully saturated rings. The van der Waals surface area contributed by atoms with E-state index >= 15 is 0 Å². The van der Waals surface area contributed by atoms with Gasteiger partial charge in [0.05, 0.1) is 32.0 Å². The van der Waals surface area contributed by atoms with Gasteiger partial charge in [-0.1, -0.05) is 303 Å². The van der Waals surface area contributed by atoms with E-state index in [4.69, 9.17) is 18.9 Å². The van der Waals surface area contributed by atoms with E-state index in [2.05, 4.69) is 19.2 Å². The van der Waals surface area contributed by atoms with Gasteiger partial charge in [0.15, 0.2) is 12.6 Å². The van der Waals surface area contributed by atoms with E-state index < -0.39 is 86.8 Å². The van der Waals surface area contributed by atoms with E-state index in [0.717, 1.165) is 51.4 Å². The molecule has 80 heavy (non-hydrogen) atoms. The number of unbranched alkanes of at least 4 members (excludes halogenated alkanes) is 44. The molecule has 2 saturated heterocycles. The number of hydrogen-bond acceptors (Lipinski definition) is 13. The third-order valence-electron chi connectivity index (χ3n) is 17.3. The van der Waals surface area contributed by atoms with Gasteiger partial charge >= 0.3 is 0 Å². The number of aliphatic hydroxyl groups excluding tert-OH is 8. The lowest BCUT2D eigenvalue weighted by molar-refractivity contribution is -0.359. The summed E-state index contributed by atoms with van der Waals surface area (Å²) >= 11 is 0. The highest BCUT2D eigenvalue weighted by Gasteiger charge is 2.51. The molecular weight excluding hydrogens is 1010 g/mol. The van der Waals surface area contributed by atoms with Crippen molar-refractivity contribution in [1.29, 1.82) is 0 Å². The number of carbonyl (C=O) groups is 1. The van der Waals surface area contributed by atoms with Crippen LogP contribution in [0.15, 0.2) is 0 Å². The molecule has 2 heterocycles. The van der Waals surface area contributed by atoms with E-state index in [1.54, 1.807) is 0 Å². The smallest absolute Gasteiger partial charge is 0.220 e. The van der Waals surface area contributed by atoms with Crippen molar-refractivity contribution in [3.05, 3.63) is 0 Å². The second kappa shape index (κ2) is 52.3. The Bertz CT molecular complexity index is 1350. The third-order valence-corrected chi connectivity index (χ3v) is 17.3. The molecule has 0 aromatic carbocycles. The predicted molar refractivity (Wildman–Crippen MR) is 323 cm³/mol. The maximum Gasteiger partial charge on any atom is 0.220 e. The van der Waals surface area contributed by atoms with Crippen LogP contribution in [0.2, 0.25) is 0 Å². The van der Waals surface area contributed by atoms with Gasteiger partial charge in [0, 0.05) is 6.42 Å². The number of carbonyl (C=O) groups excluding carboxylic acids is 1. The molecule has 0 radical (unpaired) electrons. The average Bonchev–Trinajstić information content (AvgIpc) is 3.46. The molecule has 14 heteroatoms. The van der Waals surface area contributed by atoms with Crippen LogP contribution in [-0.2, 0) is 23.7 Å². The summed E-state index contributed by atoms with van der Waals surface area (Å²) in [5, 5.41) is 87.5. The molecule has 0 saturated carbocycles. The van der Waals surface area contributed by atoms with Crippen molar-refractivity contribution < 1.29 is 64.6 Å². The molecule has 1 amide bonds. The van der Waals surface area contributed by atoms with Crippen LogP contribution < -0.4 is 5.32 Å². The van der Waals surface area contributed by atoms with Crippen molar-refractivity contribution in [2.45, 2.75) is 396 Å². The third kappa shape index (κ3) is 36.7. The Morgan fingerprint density at radius 1 is 0.400 bits per heavy atom. The van der Waals surface area contributed by atoms with Crippen LogP contribution in [0, 0.1) is 0 Å². The minimum Gasteiger partial charge on any atom is -0.394 e. The van der Waals surface area contributed by atoms with Crippen molar-refractivity contribution in [3.8, 4) is 0 Å². The van der Waals surface area contributed by atoms with E-state index in [1.807, 2.05) is 0 Å². The first kappa shape index (κ1) is 75.1. The molecule has 0 aromatic rings. The minimum absolute atomic E-state index is 0.198. The van der Waals surface area contributed by atoms with Gasteiger partial charge in [-0.15, -0.1) is 0 Å². The molecule has 9 N–H and O–H groups in total. The highest BCUT2D eigenvalue weighted by atomic mass is 16.7. The quantitative estimate of drug-likeness (QED) is 0.0259. The lowest BCUT2D eigenvalue weighted by Crippen LogP contribution is -2.65. The minimum atomic E-state index is -1.78. The van der Waals surface area contributed by atoms with Gasteiger partial charge in [-0.2, -0.15) is 0 Å². The van der Waals surface area contributed by atoms with Gasteiger partial charge in [-0.3, -0.25) is 4.79 Å². The van der Waals surface area contributed by atoms with Crippen molar-refractivity contribution in [2.24, 2.45) is 0 Å². The van der Waals surface area contributed by atoms with Gasteiger partial charge in [-0.05, 0) is 12.8 Å². The molecule has 0 bridgehead atoms. The Labute approximate surface area is 489 Å². The normalized spacial score (nSPS) is 24.1. The number of ether oxygens (including phenoxy) is 4. The lowest BCUT2D eigenvalue weighted by Gasteiger charge is -2.46. The first-order chi connectivity index (χ1) is 39.1. The molecule has 0 spiro atoms. The molecule has 2 rings (SSSR count). The topological polar surface area (TPSA) is 228 Å².